The molecule has 0 radical (unpaired) electrons. The van der Waals surface area contributed by atoms with E-state index in [9.17, 15) is 8.78 Å². The molecule has 15 heavy (non-hydrogen) atoms. The average Bonchev–Trinajstić information content (AvgIpc) is 2.69. The number of rotatable bonds is 3. The Kier molecular flexibility index (Phi) is 2.62. The quantitative estimate of drug-likeness (QED) is 0.782. The zero-order valence-electron chi connectivity index (χ0n) is 7.56. The van der Waals surface area contributed by atoms with Gasteiger partial charge in [0.1, 0.15) is 17.7 Å². The molecule has 0 aliphatic rings. The molecule has 0 aliphatic carbocycles. The van der Waals surface area contributed by atoms with E-state index in [2.05, 4.69) is 14.4 Å². The molecule has 0 saturated carbocycles. The molecule has 1 aromatic heterocycles. The number of aromatic nitrogens is 1. The van der Waals surface area contributed by atoms with E-state index in [1.54, 1.807) is 18.2 Å². The molecule has 0 N–H and O–H groups in total. The molecule has 0 amide bonds. The first kappa shape index (κ1) is 9.64. The van der Waals surface area contributed by atoms with Crippen molar-refractivity contribution in [1.82, 2.24) is 5.16 Å². The monoisotopic (exact) mass is 211 g/mol. The van der Waals surface area contributed by atoms with Gasteiger partial charge in [-0.1, -0.05) is 17.3 Å². The summed E-state index contributed by atoms with van der Waals surface area (Å²) in [6, 6.07) is 7.92. The summed E-state index contributed by atoms with van der Waals surface area (Å²) in [5.41, 5.74) is 1.25. The van der Waals surface area contributed by atoms with Crippen molar-refractivity contribution in [2.75, 3.05) is 0 Å². The van der Waals surface area contributed by atoms with E-state index in [4.69, 9.17) is 0 Å². The van der Waals surface area contributed by atoms with Gasteiger partial charge in [0.05, 0.1) is 0 Å². The highest BCUT2D eigenvalue weighted by atomic mass is 19.3. The van der Waals surface area contributed by atoms with Crippen molar-refractivity contribution in [3.05, 3.63) is 36.6 Å². The lowest BCUT2D eigenvalue weighted by Crippen LogP contribution is -2.01. The molecule has 2 rings (SSSR count). The molecule has 1 heterocycles. The van der Waals surface area contributed by atoms with Gasteiger partial charge in [-0.15, -0.1) is 0 Å². The van der Waals surface area contributed by atoms with E-state index >= 15 is 0 Å². The first-order valence-corrected chi connectivity index (χ1v) is 4.21. The Labute approximate surface area is 84.3 Å². The Morgan fingerprint density at radius 3 is 2.80 bits per heavy atom. The standard InChI is InChI=1S/C10H7F2NO2/c11-10(12)15-8-3-1-2-7(6-8)9-4-5-14-13-9/h1-6,10H. The van der Waals surface area contributed by atoms with Gasteiger partial charge in [-0.05, 0) is 12.1 Å². The minimum absolute atomic E-state index is 0.102. The third-order valence-electron chi connectivity index (χ3n) is 1.79. The molecule has 0 aliphatic heterocycles. The summed E-state index contributed by atoms with van der Waals surface area (Å²) in [5, 5.41) is 3.69. The number of nitrogens with zero attached hydrogens (tertiary/aromatic N) is 1. The molecular formula is C10H7F2NO2. The van der Waals surface area contributed by atoms with Crippen molar-refractivity contribution < 1.29 is 18.0 Å². The van der Waals surface area contributed by atoms with Crippen LogP contribution < -0.4 is 4.74 Å². The Hall–Kier alpha value is -1.91. The predicted molar refractivity (Wildman–Crippen MR) is 48.6 cm³/mol. The van der Waals surface area contributed by atoms with Crippen molar-refractivity contribution in [3.63, 3.8) is 0 Å². The SMILES string of the molecule is FC(F)Oc1cccc(-c2ccon2)c1. The highest BCUT2D eigenvalue weighted by Gasteiger charge is 2.06. The van der Waals surface area contributed by atoms with E-state index in [0.29, 0.717) is 11.3 Å². The number of benzene rings is 1. The van der Waals surface area contributed by atoms with Gasteiger partial charge >= 0.3 is 6.61 Å². The van der Waals surface area contributed by atoms with Gasteiger partial charge in [0, 0.05) is 11.6 Å². The van der Waals surface area contributed by atoms with Crippen LogP contribution in [-0.2, 0) is 0 Å². The van der Waals surface area contributed by atoms with E-state index < -0.39 is 6.61 Å². The highest BCUT2D eigenvalue weighted by molar-refractivity contribution is 5.60. The van der Waals surface area contributed by atoms with Gasteiger partial charge in [0.25, 0.3) is 0 Å². The van der Waals surface area contributed by atoms with Gasteiger partial charge in [-0.2, -0.15) is 8.78 Å². The maximum atomic E-state index is 11.9. The number of alkyl halides is 2. The largest absolute Gasteiger partial charge is 0.435 e. The van der Waals surface area contributed by atoms with Gasteiger partial charge in [-0.3, -0.25) is 0 Å². The van der Waals surface area contributed by atoms with E-state index in [1.165, 1.54) is 18.4 Å². The molecule has 0 unspecified atom stereocenters. The molecular weight excluding hydrogens is 204 g/mol. The summed E-state index contributed by atoms with van der Waals surface area (Å²) in [5.74, 6) is 0.102. The topological polar surface area (TPSA) is 35.3 Å². The van der Waals surface area contributed by atoms with Crippen LogP contribution in [0.3, 0.4) is 0 Å². The van der Waals surface area contributed by atoms with Crippen LogP contribution in [-0.4, -0.2) is 11.8 Å². The summed E-state index contributed by atoms with van der Waals surface area (Å²) in [7, 11) is 0. The molecule has 5 heteroatoms. The van der Waals surface area contributed by atoms with Crippen molar-refractivity contribution >= 4 is 0 Å². The lowest BCUT2D eigenvalue weighted by molar-refractivity contribution is -0.0498. The fourth-order valence-electron chi connectivity index (χ4n) is 1.19. The van der Waals surface area contributed by atoms with Gasteiger partial charge in [0.15, 0.2) is 0 Å². The summed E-state index contributed by atoms with van der Waals surface area (Å²) in [6.45, 7) is -2.82. The zero-order chi connectivity index (χ0) is 10.7. The molecule has 78 valence electrons. The van der Waals surface area contributed by atoms with E-state index in [0.717, 1.165) is 0 Å². The van der Waals surface area contributed by atoms with E-state index in [-0.39, 0.29) is 5.75 Å². The minimum Gasteiger partial charge on any atom is -0.435 e. The van der Waals surface area contributed by atoms with Crippen LogP contribution in [0.1, 0.15) is 0 Å². The summed E-state index contributed by atoms with van der Waals surface area (Å²) < 4.78 is 32.8. The van der Waals surface area contributed by atoms with Gasteiger partial charge < -0.3 is 9.26 Å². The average molecular weight is 211 g/mol. The number of halogens is 2. The van der Waals surface area contributed by atoms with E-state index in [1.807, 2.05) is 0 Å². The van der Waals surface area contributed by atoms with Crippen molar-refractivity contribution in [2.24, 2.45) is 0 Å². The molecule has 0 saturated heterocycles. The van der Waals surface area contributed by atoms with Crippen LogP contribution >= 0.6 is 0 Å². The normalized spacial score (nSPS) is 10.6. The zero-order valence-corrected chi connectivity index (χ0v) is 7.56. The van der Waals surface area contributed by atoms with Crippen molar-refractivity contribution in [3.8, 4) is 17.0 Å². The summed E-state index contributed by atoms with van der Waals surface area (Å²) in [6.07, 6.45) is 1.41. The summed E-state index contributed by atoms with van der Waals surface area (Å²) in [4.78, 5) is 0. The number of ether oxygens (including phenoxy) is 1. The number of hydrogen-bond donors (Lipinski definition) is 0. The van der Waals surface area contributed by atoms with Crippen LogP contribution in [0, 0.1) is 0 Å². The third kappa shape index (κ3) is 2.31. The fraction of sp³-hybridized carbons (Fsp3) is 0.100. The maximum absolute atomic E-state index is 11.9. The third-order valence-corrected chi connectivity index (χ3v) is 1.79. The smallest absolute Gasteiger partial charge is 0.387 e. The first-order valence-electron chi connectivity index (χ1n) is 4.21. The Morgan fingerprint density at radius 1 is 1.27 bits per heavy atom. The Bertz CT molecular complexity index is 429. The van der Waals surface area contributed by atoms with Crippen LogP contribution in [0.2, 0.25) is 0 Å². The maximum Gasteiger partial charge on any atom is 0.387 e. The van der Waals surface area contributed by atoms with Crippen molar-refractivity contribution in [2.45, 2.75) is 6.61 Å². The summed E-state index contributed by atoms with van der Waals surface area (Å²) >= 11 is 0. The van der Waals surface area contributed by atoms with Crippen LogP contribution in [0.5, 0.6) is 5.75 Å². The molecule has 0 fully saturated rings. The fourth-order valence-corrected chi connectivity index (χ4v) is 1.19. The molecule has 3 nitrogen and oxygen atoms in total. The van der Waals surface area contributed by atoms with Crippen LogP contribution in [0.15, 0.2) is 41.1 Å². The molecule has 2 aromatic rings. The molecule has 0 atom stereocenters. The molecule has 1 aromatic carbocycles. The second-order valence-electron chi connectivity index (χ2n) is 2.79. The minimum atomic E-state index is -2.82. The first-order chi connectivity index (χ1) is 7.25. The van der Waals surface area contributed by atoms with Gasteiger partial charge in [-0.25, -0.2) is 0 Å². The second-order valence-corrected chi connectivity index (χ2v) is 2.79. The molecule has 0 bridgehead atoms. The van der Waals surface area contributed by atoms with Crippen molar-refractivity contribution in [1.29, 1.82) is 0 Å². The number of hydrogen-bond acceptors (Lipinski definition) is 3. The Balaban J connectivity index is 2.27. The molecule has 0 spiro atoms. The highest BCUT2D eigenvalue weighted by Crippen LogP contribution is 2.23. The van der Waals surface area contributed by atoms with Gasteiger partial charge in [0.2, 0.25) is 0 Å². The lowest BCUT2D eigenvalue weighted by Gasteiger charge is -2.04. The second kappa shape index (κ2) is 4.08. The predicted octanol–water partition coefficient (Wildman–Crippen LogP) is 2.94. The Morgan fingerprint density at radius 2 is 2.13 bits per heavy atom. The lowest BCUT2D eigenvalue weighted by atomic mass is 10.1. The van der Waals surface area contributed by atoms with Crippen LogP contribution in [0.4, 0.5) is 8.78 Å². The van der Waals surface area contributed by atoms with Crippen LogP contribution in [0.25, 0.3) is 11.3 Å².